The molecule has 0 aliphatic carbocycles. The number of rotatable bonds is 55. The van der Waals surface area contributed by atoms with Crippen LogP contribution in [0.1, 0.15) is 329 Å². The van der Waals surface area contributed by atoms with Gasteiger partial charge in [-0.25, -0.2) is 0 Å². The lowest BCUT2D eigenvalue weighted by Gasteiger charge is -2.18. The maximum absolute atomic E-state index is 12.8. The second-order valence-electron chi connectivity index (χ2n) is 20.3. The molecule has 6 heteroatoms. The fraction of sp³-hybridized carbons (Fsp3) is 0.885. The predicted molar refractivity (Wildman–Crippen MR) is 289 cm³/mol. The van der Waals surface area contributed by atoms with Gasteiger partial charge in [0.2, 0.25) is 0 Å². The van der Waals surface area contributed by atoms with Crippen LogP contribution in [0.4, 0.5) is 0 Å². The molecule has 0 saturated heterocycles. The van der Waals surface area contributed by atoms with Crippen LogP contribution >= 0.6 is 0 Å². The van der Waals surface area contributed by atoms with Gasteiger partial charge >= 0.3 is 17.9 Å². The summed E-state index contributed by atoms with van der Waals surface area (Å²) in [5, 5.41) is 0. The van der Waals surface area contributed by atoms with Crippen molar-refractivity contribution in [3.8, 4) is 0 Å². The van der Waals surface area contributed by atoms with Gasteiger partial charge in [0.15, 0.2) is 6.10 Å². The Bertz CT molecular complexity index is 1080. The van der Waals surface area contributed by atoms with Gasteiger partial charge in [-0.3, -0.25) is 14.4 Å². The SMILES string of the molecule is CCCCC/C=C\C/C=C\CCCCCCCC(=O)OC(COC(=O)CCCCCCCCC)COC(=O)CCCCCCCCCCCCCCCCCCCCCCCCCCCCC. The Labute approximate surface area is 417 Å². The van der Waals surface area contributed by atoms with Crippen LogP contribution in [-0.4, -0.2) is 37.2 Å². The summed E-state index contributed by atoms with van der Waals surface area (Å²) in [6, 6.07) is 0. The Morgan fingerprint density at radius 3 is 0.851 bits per heavy atom. The Hall–Kier alpha value is -2.11. The molecule has 0 aromatic rings. The second kappa shape index (κ2) is 56.5. The number of allylic oxidation sites excluding steroid dienone is 4. The molecule has 67 heavy (non-hydrogen) atoms. The molecule has 0 heterocycles. The van der Waals surface area contributed by atoms with Gasteiger partial charge in [-0.15, -0.1) is 0 Å². The van der Waals surface area contributed by atoms with Crippen molar-refractivity contribution in [2.75, 3.05) is 13.2 Å². The molecule has 1 unspecified atom stereocenters. The Kier molecular flexibility index (Phi) is 54.7. The zero-order chi connectivity index (χ0) is 48.6. The van der Waals surface area contributed by atoms with Gasteiger partial charge in [0.25, 0.3) is 0 Å². The number of carbonyl (C=O) groups is 3. The van der Waals surface area contributed by atoms with Crippen LogP contribution in [0.5, 0.6) is 0 Å². The third-order valence-corrected chi connectivity index (χ3v) is 13.5. The summed E-state index contributed by atoms with van der Waals surface area (Å²) in [5.74, 6) is -0.875. The first-order valence-corrected chi connectivity index (χ1v) is 29.8. The van der Waals surface area contributed by atoms with Gasteiger partial charge in [-0.1, -0.05) is 283 Å². The van der Waals surface area contributed by atoms with E-state index in [1.807, 2.05) is 0 Å². The topological polar surface area (TPSA) is 78.9 Å². The number of hydrogen-bond donors (Lipinski definition) is 0. The largest absolute Gasteiger partial charge is 0.462 e. The van der Waals surface area contributed by atoms with Crippen molar-refractivity contribution in [1.82, 2.24) is 0 Å². The van der Waals surface area contributed by atoms with Gasteiger partial charge < -0.3 is 14.2 Å². The molecule has 0 radical (unpaired) electrons. The Morgan fingerprint density at radius 2 is 0.537 bits per heavy atom. The predicted octanol–water partition coefficient (Wildman–Crippen LogP) is 19.9. The van der Waals surface area contributed by atoms with E-state index < -0.39 is 6.10 Å². The van der Waals surface area contributed by atoms with Crippen molar-refractivity contribution >= 4 is 17.9 Å². The van der Waals surface area contributed by atoms with Gasteiger partial charge in [0.05, 0.1) is 0 Å². The standard InChI is InChI=1S/C61H114O6/c1-4-7-10-13-16-18-20-22-24-25-26-27-28-29-30-31-32-33-34-35-37-38-40-42-45-48-51-54-60(63)66-57-58(56-65-59(62)53-50-47-44-15-12-9-6-3)67-61(64)55-52-49-46-43-41-39-36-23-21-19-17-14-11-8-5-2/h17,19,23,36,58H,4-16,18,20-22,24-35,37-57H2,1-3H3/b19-17-,36-23-. The first kappa shape index (κ1) is 64.9. The zero-order valence-corrected chi connectivity index (χ0v) is 45.2. The minimum absolute atomic E-state index is 0.0725. The Morgan fingerprint density at radius 1 is 0.299 bits per heavy atom. The number of hydrogen-bond acceptors (Lipinski definition) is 6. The summed E-state index contributed by atoms with van der Waals surface area (Å²) >= 11 is 0. The minimum atomic E-state index is -0.772. The van der Waals surface area contributed by atoms with E-state index in [9.17, 15) is 14.4 Å². The molecule has 0 aliphatic rings. The molecule has 0 aromatic heterocycles. The molecule has 0 fully saturated rings. The van der Waals surface area contributed by atoms with E-state index in [2.05, 4.69) is 45.1 Å². The average molecular weight is 944 g/mol. The molecule has 0 aliphatic heterocycles. The highest BCUT2D eigenvalue weighted by atomic mass is 16.6. The van der Waals surface area contributed by atoms with Crippen molar-refractivity contribution in [2.24, 2.45) is 0 Å². The lowest BCUT2D eigenvalue weighted by molar-refractivity contribution is -0.167. The van der Waals surface area contributed by atoms with Crippen molar-refractivity contribution in [2.45, 2.75) is 335 Å². The Balaban J connectivity index is 4.04. The quantitative estimate of drug-likeness (QED) is 0.0262. The number of ether oxygens (including phenoxy) is 3. The van der Waals surface area contributed by atoms with Crippen LogP contribution in [0.3, 0.4) is 0 Å². The van der Waals surface area contributed by atoms with Crippen LogP contribution in [0, 0.1) is 0 Å². The summed E-state index contributed by atoms with van der Waals surface area (Å²) in [4.78, 5) is 37.9. The molecular weight excluding hydrogens is 829 g/mol. The molecule has 0 N–H and O–H groups in total. The summed E-state index contributed by atoms with van der Waals surface area (Å²) in [6.07, 6.45) is 66.4. The molecule has 1 atom stereocenters. The van der Waals surface area contributed by atoms with Crippen LogP contribution in [0.25, 0.3) is 0 Å². The van der Waals surface area contributed by atoms with Crippen LogP contribution in [0.2, 0.25) is 0 Å². The number of esters is 3. The summed E-state index contributed by atoms with van der Waals surface area (Å²) in [6.45, 7) is 6.60. The molecule has 0 amide bonds. The van der Waals surface area contributed by atoms with E-state index in [4.69, 9.17) is 14.2 Å². The second-order valence-corrected chi connectivity index (χ2v) is 20.3. The highest BCUT2D eigenvalue weighted by Crippen LogP contribution is 2.17. The molecule has 394 valence electrons. The molecule has 0 aromatic carbocycles. The van der Waals surface area contributed by atoms with Gasteiger partial charge in [0, 0.05) is 19.3 Å². The van der Waals surface area contributed by atoms with Gasteiger partial charge in [0.1, 0.15) is 13.2 Å². The fourth-order valence-corrected chi connectivity index (χ4v) is 8.95. The fourth-order valence-electron chi connectivity index (χ4n) is 8.95. The van der Waals surface area contributed by atoms with E-state index in [0.717, 1.165) is 77.0 Å². The normalized spacial score (nSPS) is 12.1. The summed E-state index contributed by atoms with van der Waals surface area (Å²) in [5.41, 5.74) is 0. The lowest BCUT2D eigenvalue weighted by Crippen LogP contribution is -2.30. The van der Waals surface area contributed by atoms with Crippen molar-refractivity contribution in [1.29, 1.82) is 0 Å². The van der Waals surface area contributed by atoms with Crippen LogP contribution in [-0.2, 0) is 28.6 Å². The van der Waals surface area contributed by atoms with E-state index in [-0.39, 0.29) is 31.1 Å². The van der Waals surface area contributed by atoms with E-state index >= 15 is 0 Å². The monoisotopic (exact) mass is 943 g/mol. The molecule has 0 rings (SSSR count). The summed E-state index contributed by atoms with van der Waals surface area (Å²) < 4.78 is 16.8. The summed E-state index contributed by atoms with van der Waals surface area (Å²) in [7, 11) is 0. The van der Waals surface area contributed by atoms with E-state index in [1.54, 1.807) is 0 Å². The molecule has 0 spiro atoms. The van der Waals surface area contributed by atoms with Crippen LogP contribution in [0.15, 0.2) is 24.3 Å². The third kappa shape index (κ3) is 54.7. The smallest absolute Gasteiger partial charge is 0.306 e. The first-order valence-electron chi connectivity index (χ1n) is 29.8. The van der Waals surface area contributed by atoms with E-state index in [1.165, 1.54) is 212 Å². The molecule has 0 bridgehead atoms. The minimum Gasteiger partial charge on any atom is -0.462 e. The van der Waals surface area contributed by atoms with Gasteiger partial charge in [-0.2, -0.15) is 0 Å². The zero-order valence-electron chi connectivity index (χ0n) is 45.2. The highest BCUT2D eigenvalue weighted by Gasteiger charge is 2.19. The highest BCUT2D eigenvalue weighted by molar-refractivity contribution is 5.71. The number of carbonyl (C=O) groups excluding carboxylic acids is 3. The number of unbranched alkanes of at least 4 members (excludes halogenated alkanes) is 40. The molecular formula is C61H114O6. The van der Waals surface area contributed by atoms with Crippen LogP contribution < -0.4 is 0 Å². The maximum atomic E-state index is 12.8. The first-order chi connectivity index (χ1) is 33.0. The van der Waals surface area contributed by atoms with E-state index in [0.29, 0.717) is 19.3 Å². The van der Waals surface area contributed by atoms with Gasteiger partial charge in [-0.05, 0) is 51.4 Å². The lowest BCUT2D eigenvalue weighted by atomic mass is 10.0. The molecule has 6 nitrogen and oxygen atoms in total. The van der Waals surface area contributed by atoms with Crippen molar-refractivity contribution < 1.29 is 28.6 Å². The molecule has 0 saturated carbocycles. The third-order valence-electron chi connectivity index (χ3n) is 13.5. The average Bonchev–Trinajstić information content (AvgIpc) is 3.33. The maximum Gasteiger partial charge on any atom is 0.306 e. The van der Waals surface area contributed by atoms with Crippen molar-refractivity contribution in [3.63, 3.8) is 0 Å². The van der Waals surface area contributed by atoms with Crippen molar-refractivity contribution in [3.05, 3.63) is 24.3 Å².